The van der Waals surface area contributed by atoms with E-state index in [1.54, 1.807) is 18.9 Å². The van der Waals surface area contributed by atoms with Crippen molar-refractivity contribution in [1.82, 2.24) is 20.2 Å². The van der Waals surface area contributed by atoms with Crippen molar-refractivity contribution in [3.63, 3.8) is 0 Å². The van der Waals surface area contributed by atoms with Crippen molar-refractivity contribution in [3.05, 3.63) is 66.9 Å². The van der Waals surface area contributed by atoms with Crippen LogP contribution in [0.4, 0.5) is 23.0 Å². The molecule has 3 aromatic carbocycles. The van der Waals surface area contributed by atoms with Gasteiger partial charge in [-0.2, -0.15) is 5.10 Å². The third-order valence-corrected chi connectivity index (χ3v) is 7.14. The number of benzene rings is 3. The molecule has 182 valence electrons. The summed E-state index contributed by atoms with van der Waals surface area (Å²) in [6.07, 6.45) is 3.83. The second-order valence-electron chi connectivity index (χ2n) is 8.73. The maximum atomic E-state index is 5.41. The third kappa shape index (κ3) is 4.37. The molecule has 6 rings (SSSR count). The smallest absolute Gasteiger partial charge is 0.191 e. The first-order chi connectivity index (χ1) is 17.7. The predicted octanol–water partition coefficient (Wildman–Crippen LogP) is 5.31. The maximum Gasteiger partial charge on any atom is 0.191 e. The van der Waals surface area contributed by atoms with Crippen molar-refractivity contribution in [2.45, 2.75) is 5.16 Å². The van der Waals surface area contributed by atoms with Gasteiger partial charge in [0.1, 0.15) is 17.4 Å². The Morgan fingerprint density at radius 3 is 2.61 bits per heavy atom. The van der Waals surface area contributed by atoms with Crippen LogP contribution in [0.3, 0.4) is 0 Å². The summed E-state index contributed by atoms with van der Waals surface area (Å²) in [4.78, 5) is 14.3. The van der Waals surface area contributed by atoms with Crippen molar-refractivity contribution < 1.29 is 4.74 Å². The van der Waals surface area contributed by atoms with Gasteiger partial charge in [0.15, 0.2) is 5.16 Å². The number of piperazine rings is 1. The molecule has 0 aliphatic carbocycles. The fourth-order valence-corrected chi connectivity index (χ4v) is 5.10. The number of nitrogens with zero attached hydrogens (tertiary/aromatic N) is 5. The highest BCUT2D eigenvalue weighted by molar-refractivity contribution is 7.98. The van der Waals surface area contributed by atoms with Crippen LogP contribution in [0.1, 0.15) is 0 Å². The fourth-order valence-electron chi connectivity index (χ4n) is 4.72. The lowest BCUT2D eigenvalue weighted by Gasteiger charge is -2.37. The Hall–Kier alpha value is -3.98. The zero-order chi connectivity index (χ0) is 24.5. The first-order valence-electron chi connectivity index (χ1n) is 11.9. The molecule has 2 aromatic heterocycles. The van der Waals surface area contributed by atoms with Gasteiger partial charge in [-0.05, 0) is 54.1 Å². The molecule has 5 aromatic rings. The predicted molar refractivity (Wildman–Crippen MR) is 148 cm³/mol. The first-order valence-corrected chi connectivity index (χ1v) is 13.1. The van der Waals surface area contributed by atoms with Crippen LogP contribution in [0.15, 0.2) is 72.0 Å². The second kappa shape index (κ2) is 9.58. The van der Waals surface area contributed by atoms with Crippen LogP contribution in [0.2, 0.25) is 0 Å². The van der Waals surface area contributed by atoms with Crippen LogP contribution < -0.4 is 19.9 Å². The zero-order valence-corrected chi connectivity index (χ0v) is 21.0. The van der Waals surface area contributed by atoms with Gasteiger partial charge in [-0.25, -0.2) is 9.97 Å². The largest absolute Gasteiger partial charge is 0.497 e. The summed E-state index contributed by atoms with van der Waals surface area (Å²) in [5.41, 5.74) is 3.24. The number of methoxy groups -OCH3 is 1. The van der Waals surface area contributed by atoms with Crippen molar-refractivity contribution in [1.29, 1.82) is 0 Å². The van der Waals surface area contributed by atoms with Gasteiger partial charge < -0.3 is 19.9 Å². The number of aromatic nitrogens is 4. The van der Waals surface area contributed by atoms with Gasteiger partial charge in [0.2, 0.25) is 0 Å². The number of hydrogen-bond acceptors (Lipinski definition) is 8. The topological polar surface area (TPSA) is 82.2 Å². The highest BCUT2D eigenvalue weighted by Gasteiger charge is 2.21. The number of fused-ring (bicyclic) bond motifs is 2. The molecule has 0 radical (unpaired) electrons. The Labute approximate surface area is 213 Å². The molecule has 3 heterocycles. The molecule has 2 N–H and O–H groups in total. The highest BCUT2D eigenvalue weighted by Crippen LogP contribution is 2.31. The summed E-state index contributed by atoms with van der Waals surface area (Å²) >= 11 is 1.55. The Balaban J connectivity index is 1.21. The third-order valence-electron chi connectivity index (χ3n) is 6.60. The van der Waals surface area contributed by atoms with Gasteiger partial charge in [-0.1, -0.05) is 23.9 Å². The van der Waals surface area contributed by atoms with Gasteiger partial charge in [0.05, 0.1) is 18.8 Å². The van der Waals surface area contributed by atoms with E-state index >= 15 is 0 Å². The maximum absolute atomic E-state index is 5.41. The minimum atomic E-state index is 0.754. The number of ether oxygens (including phenoxy) is 1. The number of H-pyrrole nitrogens is 1. The van der Waals surface area contributed by atoms with E-state index < -0.39 is 0 Å². The molecule has 0 atom stereocenters. The molecule has 0 amide bonds. The van der Waals surface area contributed by atoms with Crippen LogP contribution in [-0.4, -0.2) is 59.7 Å². The molecule has 1 saturated heterocycles. The first kappa shape index (κ1) is 22.5. The quantitative estimate of drug-likeness (QED) is 0.241. The van der Waals surface area contributed by atoms with Crippen LogP contribution in [0.5, 0.6) is 5.75 Å². The number of nitrogens with one attached hydrogen (secondary N) is 2. The summed E-state index contributed by atoms with van der Waals surface area (Å²) in [6, 6.07) is 20.9. The molecule has 0 unspecified atom stereocenters. The Morgan fingerprint density at radius 1 is 0.917 bits per heavy atom. The molecule has 9 heteroatoms. The van der Waals surface area contributed by atoms with Crippen molar-refractivity contribution in [2.75, 3.05) is 54.7 Å². The molecule has 0 saturated carbocycles. The van der Waals surface area contributed by atoms with Gasteiger partial charge in [-0.15, -0.1) is 0 Å². The molecule has 1 aliphatic heterocycles. The summed E-state index contributed by atoms with van der Waals surface area (Å²) < 4.78 is 5.41. The Kier molecular flexibility index (Phi) is 5.98. The Bertz CT molecular complexity index is 1530. The number of aromatic amines is 1. The molecular weight excluding hydrogens is 470 g/mol. The van der Waals surface area contributed by atoms with E-state index in [9.17, 15) is 0 Å². The molecule has 8 nitrogen and oxygen atoms in total. The summed E-state index contributed by atoms with van der Waals surface area (Å²) in [5.74, 6) is 2.62. The average Bonchev–Trinajstić information content (AvgIpc) is 3.40. The zero-order valence-electron chi connectivity index (χ0n) is 20.2. The van der Waals surface area contributed by atoms with Gasteiger partial charge in [0.25, 0.3) is 0 Å². The van der Waals surface area contributed by atoms with E-state index in [-0.39, 0.29) is 0 Å². The van der Waals surface area contributed by atoms with Gasteiger partial charge in [-0.3, -0.25) is 5.10 Å². The van der Waals surface area contributed by atoms with Crippen molar-refractivity contribution in [3.8, 4) is 5.75 Å². The van der Waals surface area contributed by atoms with E-state index in [2.05, 4.69) is 61.7 Å². The minimum absolute atomic E-state index is 0.754. The number of rotatable bonds is 6. The van der Waals surface area contributed by atoms with E-state index in [4.69, 9.17) is 14.7 Å². The number of anilines is 4. The molecule has 0 bridgehead atoms. The van der Waals surface area contributed by atoms with Gasteiger partial charge in [0, 0.05) is 54.4 Å². The summed E-state index contributed by atoms with van der Waals surface area (Å²) in [6.45, 7) is 3.61. The lowest BCUT2D eigenvalue weighted by molar-refractivity contribution is 0.415. The second-order valence-corrected chi connectivity index (χ2v) is 9.51. The van der Waals surface area contributed by atoms with E-state index in [1.807, 2.05) is 36.7 Å². The molecule has 0 spiro atoms. The summed E-state index contributed by atoms with van der Waals surface area (Å²) in [5, 5.41) is 14.8. The lowest BCUT2D eigenvalue weighted by atomic mass is 10.1. The standard InChI is InChI=1S/C27H27N7OS/c1-35-21-7-8-22-18(15-21)4-3-5-24(22)33-10-12-34(13-11-33)26-16-25(30-27(31-26)36-2)29-20-6-9-23-19(14-20)17-28-32-23/h3-9,14-17H,10-13H2,1-2H3,(H,28,32)(H,29,30,31). The van der Waals surface area contributed by atoms with Gasteiger partial charge >= 0.3 is 0 Å². The van der Waals surface area contributed by atoms with Crippen molar-refractivity contribution in [2.24, 2.45) is 0 Å². The molecule has 1 aliphatic rings. The number of hydrogen-bond donors (Lipinski definition) is 2. The minimum Gasteiger partial charge on any atom is -0.497 e. The lowest BCUT2D eigenvalue weighted by Crippen LogP contribution is -2.47. The average molecular weight is 498 g/mol. The monoisotopic (exact) mass is 497 g/mol. The van der Waals surface area contributed by atoms with Crippen LogP contribution in [0, 0.1) is 0 Å². The SMILES string of the molecule is COc1ccc2c(N3CCN(c4cc(Nc5ccc6[nH]ncc6c5)nc(SC)n4)CC3)cccc2c1. The summed E-state index contributed by atoms with van der Waals surface area (Å²) in [7, 11) is 1.71. The van der Waals surface area contributed by atoms with E-state index in [0.29, 0.717) is 0 Å². The fraction of sp³-hybridized carbons (Fsp3) is 0.222. The molecule has 36 heavy (non-hydrogen) atoms. The molecule has 1 fully saturated rings. The highest BCUT2D eigenvalue weighted by atomic mass is 32.2. The van der Waals surface area contributed by atoms with E-state index in [0.717, 1.165) is 65.3 Å². The van der Waals surface area contributed by atoms with E-state index in [1.165, 1.54) is 16.5 Å². The van der Waals surface area contributed by atoms with Crippen LogP contribution in [0.25, 0.3) is 21.7 Å². The van der Waals surface area contributed by atoms with Crippen LogP contribution >= 0.6 is 11.8 Å². The van der Waals surface area contributed by atoms with Crippen molar-refractivity contribution >= 4 is 56.4 Å². The molecular formula is C27H27N7OS. The number of thioether (sulfide) groups is 1. The normalized spacial score (nSPS) is 13.9. The van der Waals surface area contributed by atoms with Crippen LogP contribution in [-0.2, 0) is 0 Å². The Morgan fingerprint density at radius 2 is 1.78 bits per heavy atom.